The number of hydrogen-bond acceptors (Lipinski definition) is 7. The molecule has 0 bridgehead atoms. The van der Waals surface area contributed by atoms with E-state index in [-0.39, 0.29) is 30.3 Å². The van der Waals surface area contributed by atoms with Gasteiger partial charge in [-0.25, -0.2) is 8.42 Å². The molecular formula is C20H21F5N4O5S. The Bertz CT molecular complexity index is 1240. The van der Waals surface area contributed by atoms with E-state index in [1.54, 1.807) is 12.1 Å². The maximum Gasteiger partial charge on any atom is 0.404 e. The maximum atomic E-state index is 12.4. The smallest absolute Gasteiger partial charge is 0.404 e. The summed E-state index contributed by atoms with van der Waals surface area (Å²) >= 11 is 0. The van der Waals surface area contributed by atoms with E-state index in [0.717, 1.165) is 0 Å². The Kier molecular flexibility index (Phi) is 8.34. The van der Waals surface area contributed by atoms with E-state index in [2.05, 4.69) is 20.3 Å². The Hall–Kier alpha value is -3.17. The zero-order valence-corrected chi connectivity index (χ0v) is 18.7. The third kappa shape index (κ3) is 8.22. The van der Waals surface area contributed by atoms with Gasteiger partial charge in [-0.05, 0) is 29.8 Å². The summed E-state index contributed by atoms with van der Waals surface area (Å²) in [5.74, 6) is -1.81. The molecule has 1 aromatic heterocycles. The summed E-state index contributed by atoms with van der Waals surface area (Å²) in [5.41, 5.74) is 0.620. The van der Waals surface area contributed by atoms with Gasteiger partial charge < -0.3 is 19.9 Å². The lowest BCUT2D eigenvalue weighted by molar-refractivity contribution is -0.106. The van der Waals surface area contributed by atoms with Crippen molar-refractivity contribution in [2.24, 2.45) is 0 Å². The van der Waals surface area contributed by atoms with Crippen LogP contribution in [0.25, 0.3) is 10.9 Å². The second-order valence-electron chi connectivity index (χ2n) is 7.28. The molecule has 0 aliphatic carbocycles. The molecule has 2 aromatic carbocycles. The number of aliphatic hydroxyl groups excluding tert-OH is 1. The van der Waals surface area contributed by atoms with E-state index < -0.39 is 34.7 Å². The minimum atomic E-state index is -4.88. The molecule has 0 saturated heterocycles. The van der Waals surface area contributed by atoms with Gasteiger partial charge in [-0.2, -0.15) is 22.0 Å². The molecule has 4 N–H and O–H groups in total. The highest BCUT2D eigenvalue weighted by atomic mass is 32.2. The van der Waals surface area contributed by atoms with Gasteiger partial charge >= 0.3 is 12.8 Å². The number of benzene rings is 2. The fourth-order valence-corrected chi connectivity index (χ4v) is 4.06. The molecule has 15 heteroatoms. The van der Waals surface area contributed by atoms with Crippen LogP contribution in [-0.4, -0.2) is 62.0 Å². The van der Waals surface area contributed by atoms with Gasteiger partial charge in [0, 0.05) is 24.8 Å². The summed E-state index contributed by atoms with van der Waals surface area (Å²) in [6, 6.07) is 10.0. The second-order valence-corrected chi connectivity index (χ2v) is 9.01. The fourth-order valence-electron chi connectivity index (χ4n) is 3.08. The molecule has 0 aliphatic heterocycles. The Morgan fingerprint density at radius 2 is 1.91 bits per heavy atom. The van der Waals surface area contributed by atoms with E-state index in [0.29, 0.717) is 23.2 Å². The normalized spacial score (nSPS) is 13.2. The number of alkyl halides is 5. The zero-order chi connectivity index (χ0) is 25.6. The lowest BCUT2D eigenvalue weighted by Gasteiger charge is -2.15. The molecule has 0 amide bonds. The van der Waals surface area contributed by atoms with Gasteiger partial charge in [-0.15, -0.1) is 5.10 Å². The SMILES string of the molecule is O=S(=O)(CC(F)(F)F)Nc1cccc([C@@H](O)CNCCOc2ccc3c(OC(F)F)n[nH]c3c2)c1. The predicted octanol–water partition coefficient (Wildman–Crippen LogP) is 3.17. The van der Waals surface area contributed by atoms with Crippen LogP contribution in [0.4, 0.5) is 27.6 Å². The van der Waals surface area contributed by atoms with Crippen LogP contribution >= 0.6 is 0 Å². The number of anilines is 1. The van der Waals surface area contributed by atoms with Crippen LogP contribution < -0.4 is 19.5 Å². The van der Waals surface area contributed by atoms with E-state index >= 15 is 0 Å². The van der Waals surface area contributed by atoms with Crippen molar-refractivity contribution in [3.63, 3.8) is 0 Å². The average Bonchev–Trinajstić information content (AvgIpc) is 3.12. The van der Waals surface area contributed by atoms with Crippen molar-refractivity contribution in [1.29, 1.82) is 0 Å². The molecule has 1 atom stereocenters. The zero-order valence-electron chi connectivity index (χ0n) is 17.9. The standard InChI is InChI=1S/C20H21F5N4O5S/c21-19(22)34-18-15-5-4-14(9-16(15)27-28-18)33-7-6-26-10-17(30)12-2-1-3-13(8-12)29-35(31,32)11-20(23,24)25/h1-5,8-9,17,19,26,29-30H,6-7,10-11H2,(H,27,28)/t17-/m0/s1. The lowest BCUT2D eigenvalue weighted by atomic mass is 10.1. The molecular weight excluding hydrogens is 503 g/mol. The number of nitrogens with zero attached hydrogens (tertiary/aromatic N) is 1. The number of rotatable bonds is 12. The first-order valence-electron chi connectivity index (χ1n) is 10.0. The molecule has 0 unspecified atom stereocenters. The number of fused-ring (bicyclic) bond motifs is 1. The number of ether oxygens (including phenoxy) is 2. The fraction of sp³-hybridized carbons (Fsp3) is 0.350. The van der Waals surface area contributed by atoms with Crippen molar-refractivity contribution in [2.75, 3.05) is 30.2 Å². The molecule has 9 nitrogen and oxygen atoms in total. The Morgan fingerprint density at radius 1 is 1.14 bits per heavy atom. The number of hydrogen-bond donors (Lipinski definition) is 4. The highest BCUT2D eigenvalue weighted by molar-refractivity contribution is 7.92. The van der Waals surface area contributed by atoms with Crippen LogP contribution in [0.3, 0.4) is 0 Å². The Labute approximate surface area is 196 Å². The first-order chi connectivity index (χ1) is 16.4. The topological polar surface area (TPSA) is 126 Å². The second kappa shape index (κ2) is 11.0. The lowest BCUT2D eigenvalue weighted by Crippen LogP contribution is -2.28. The third-order valence-electron chi connectivity index (χ3n) is 4.48. The molecule has 1 heterocycles. The van der Waals surface area contributed by atoms with Crippen molar-refractivity contribution in [2.45, 2.75) is 18.9 Å². The first kappa shape index (κ1) is 26.4. The van der Waals surface area contributed by atoms with Crippen LogP contribution in [0.5, 0.6) is 11.6 Å². The first-order valence-corrected chi connectivity index (χ1v) is 11.7. The minimum absolute atomic E-state index is 0.0516. The van der Waals surface area contributed by atoms with Crippen molar-refractivity contribution in [1.82, 2.24) is 15.5 Å². The van der Waals surface area contributed by atoms with Crippen molar-refractivity contribution < 1.29 is 45.0 Å². The minimum Gasteiger partial charge on any atom is -0.492 e. The molecule has 3 aromatic rings. The number of aromatic nitrogens is 2. The summed E-state index contributed by atoms with van der Waals surface area (Å²) in [7, 11) is -4.64. The van der Waals surface area contributed by atoms with E-state index in [1.165, 1.54) is 30.3 Å². The van der Waals surface area contributed by atoms with Crippen LogP contribution in [0.15, 0.2) is 42.5 Å². The van der Waals surface area contributed by atoms with E-state index in [4.69, 9.17) is 4.74 Å². The van der Waals surface area contributed by atoms with Crippen LogP contribution in [0.2, 0.25) is 0 Å². The molecule has 0 aliphatic rings. The number of nitrogens with one attached hydrogen (secondary N) is 3. The van der Waals surface area contributed by atoms with Crippen LogP contribution in [0, 0.1) is 0 Å². The summed E-state index contributed by atoms with van der Waals surface area (Å²) in [6.45, 7) is -2.46. The number of aliphatic hydroxyl groups is 1. The third-order valence-corrected chi connectivity index (χ3v) is 5.74. The maximum absolute atomic E-state index is 12.4. The molecule has 0 radical (unpaired) electrons. The van der Waals surface area contributed by atoms with Gasteiger partial charge in [0.25, 0.3) is 0 Å². The van der Waals surface area contributed by atoms with Crippen molar-refractivity contribution in [3.8, 4) is 11.6 Å². The molecule has 192 valence electrons. The molecule has 0 saturated carbocycles. The van der Waals surface area contributed by atoms with Gasteiger partial charge in [-0.3, -0.25) is 9.82 Å². The van der Waals surface area contributed by atoms with E-state index in [9.17, 15) is 35.5 Å². The van der Waals surface area contributed by atoms with E-state index in [1.807, 2.05) is 4.72 Å². The monoisotopic (exact) mass is 524 g/mol. The predicted molar refractivity (Wildman–Crippen MR) is 116 cm³/mol. The molecule has 0 fully saturated rings. The highest BCUT2D eigenvalue weighted by Crippen LogP contribution is 2.27. The van der Waals surface area contributed by atoms with Gasteiger partial charge in [0.1, 0.15) is 12.4 Å². The summed E-state index contributed by atoms with van der Waals surface area (Å²) < 4.78 is 96.7. The van der Waals surface area contributed by atoms with Crippen LogP contribution in [-0.2, 0) is 10.0 Å². The largest absolute Gasteiger partial charge is 0.492 e. The summed E-state index contributed by atoms with van der Waals surface area (Å²) in [6.07, 6.45) is -5.96. The number of H-pyrrole nitrogens is 1. The van der Waals surface area contributed by atoms with Crippen molar-refractivity contribution in [3.05, 3.63) is 48.0 Å². The summed E-state index contributed by atoms with van der Waals surface area (Å²) in [4.78, 5) is 0. The van der Waals surface area contributed by atoms with Crippen molar-refractivity contribution >= 4 is 26.6 Å². The van der Waals surface area contributed by atoms with Gasteiger partial charge in [0.2, 0.25) is 15.9 Å². The molecule has 0 spiro atoms. The van der Waals surface area contributed by atoms with Gasteiger partial charge in [0.05, 0.1) is 17.0 Å². The quantitative estimate of drug-likeness (QED) is 0.212. The van der Waals surface area contributed by atoms with Crippen LogP contribution in [0.1, 0.15) is 11.7 Å². The Balaban J connectivity index is 1.46. The number of halogens is 5. The molecule has 35 heavy (non-hydrogen) atoms. The number of aromatic amines is 1. The van der Waals surface area contributed by atoms with Gasteiger partial charge in [-0.1, -0.05) is 12.1 Å². The highest BCUT2D eigenvalue weighted by Gasteiger charge is 2.35. The number of sulfonamides is 1. The van der Waals surface area contributed by atoms with Gasteiger partial charge in [0.15, 0.2) is 5.75 Å². The Morgan fingerprint density at radius 3 is 2.63 bits per heavy atom. The summed E-state index contributed by atoms with van der Waals surface area (Å²) in [5, 5.41) is 19.8. The average molecular weight is 524 g/mol. The molecule has 3 rings (SSSR count).